The minimum absolute atomic E-state index is 0.110. The van der Waals surface area contributed by atoms with Gasteiger partial charge in [-0.1, -0.05) is 35.4 Å². The molecule has 0 saturated carbocycles. The quantitative estimate of drug-likeness (QED) is 0.198. The highest BCUT2D eigenvalue weighted by Crippen LogP contribution is 2.20. The summed E-state index contributed by atoms with van der Waals surface area (Å²) in [6, 6.07) is 8.33. The Hall–Kier alpha value is -2.51. The number of nitrogens with zero attached hydrogens (tertiary/aromatic N) is 5. The number of hydrogen-bond acceptors (Lipinski definition) is 4. The minimum atomic E-state index is -0.708. The summed E-state index contributed by atoms with van der Waals surface area (Å²) in [5, 5.41) is 12.2. The van der Waals surface area contributed by atoms with Crippen molar-refractivity contribution in [1.29, 1.82) is 5.26 Å². The third kappa shape index (κ3) is 3.52. The van der Waals surface area contributed by atoms with E-state index in [1.54, 1.807) is 25.2 Å². The number of azide groups is 1. The van der Waals surface area contributed by atoms with E-state index >= 15 is 0 Å². The normalized spacial score (nSPS) is 12.1. The highest BCUT2D eigenvalue weighted by Gasteiger charge is 2.18. The van der Waals surface area contributed by atoms with Crippen LogP contribution < -0.4 is 0 Å². The Bertz CT molecular complexity index is 470. The van der Waals surface area contributed by atoms with Crippen molar-refractivity contribution in [1.82, 2.24) is 0 Å². The van der Waals surface area contributed by atoms with E-state index in [4.69, 9.17) is 15.5 Å². The molecule has 86 valence electrons. The SMILES string of the molecule is CCOC(=NC#N)C(N=[N+]=[N-])c1ccccc1. The summed E-state index contributed by atoms with van der Waals surface area (Å²) < 4.78 is 5.21. The minimum Gasteiger partial charge on any atom is -0.480 e. The lowest BCUT2D eigenvalue weighted by atomic mass is 10.1. The third-order valence-electron chi connectivity index (χ3n) is 1.97. The first-order valence-electron chi connectivity index (χ1n) is 5.02. The van der Waals surface area contributed by atoms with Gasteiger partial charge in [0.15, 0.2) is 0 Å². The van der Waals surface area contributed by atoms with Crippen LogP contribution in [-0.2, 0) is 4.74 Å². The van der Waals surface area contributed by atoms with Crippen LogP contribution in [0, 0.1) is 11.5 Å². The smallest absolute Gasteiger partial charge is 0.212 e. The molecule has 1 atom stereocenters. The van der Waals surface area contributed by atoms with Crippen molar-refractivity contribution >= 4 is 5.90 Å². The maximum Gasteiger partial charge on any atom is 0.212 e. The topological polar surface area (TPSA) is 94.1 Å². The van der Waals surface area contributed by atoms with Gasteiger partial charge in [-0.05, 0) is 18.0 Å². The molecule has 1 aromatic carbocycles. The molecule has 0 aliphatic heterocycles. The molecule has 6 nitrogen and oxygen atoms in total. The second-order valence-corrected chi connectivity index (χ2v) is 3.00. The van der Waals surface area contributed by atoms with Crippen LogP contribution >= 0.6 is 0 Å². The molecule has 0 aromatic heterocycles. The summed E-state index contributed by atoms with van der Waals surface area (Å²) in [5.41, 5.74) is 9.28. The Morgan fingerprint density at radius 2 is 2.24 bits per heavy atom. The largest absolute Gasteiger partial charge is 0.480 e. The van der Waals surface area contributed by atoms with Crippen LogP contribution in [0.1, 0.15) is 18.5 Å². The van der Waals surface area contributed by atoms with Gasteiger partial charge in [-0.15, -0.1) is 4.99 Å². The number of benzene rings is 1. The van der Waals surface area contributed by atoms with Crippen molar-refractivity contribution in [2.75, 3.05) is 6.61 Å². The average molecular weight is 229 g/mol. The molecule has 0 heterocycles. The van der Waals surface area contributed by atoms with E-state index in [0.717, 1.165) is 5.56 Å². The first-order chi connectivity index (χ1) is 8.33. The van der Waals surface area contributed by atoms with Gasteiger partial charge in [0, 0.05) is 4.91 Å². The number of aliphatic imine (C=N–C) groups is 1. The van der Waals surface area contributed by atoms with Crippen LogP contribution in [0.25, 0.3) is 10.4 Å². The molecule has 0 fully saturated rings. The molecule has 6 heteroatoms. The highest BCUT2D eigenvalue weighted by atomic mass is 16.5. The van der Waals surface area contributed by atoms with Gasteiger partial charge in [0.05, 0.1) is 6.61 Å². The lowest BCUT2D eigenvalue weighted by Crippen LogP contribution is -2.14. The Morgan fingerprint density at radius 3 is 2.76 bits per heavy atom. The molecule has 0 saturated heterocycles. The first kappa shape index (κ1) is 12.6. The Morgan fingerprint density at radius 1 is 1.53 bits per heavy atom. The standard InChI is InChI=1S/C11H11N5O/c1-2-17-11(14-8-12)10(15-16-13)9-6-4-3-5-7-9/h3-7,10H,2H2,1H3. The zero-order chi connectivity index (χ0) is 12.5. The van der Waals surface area contributed by atoms with Crippen molar-refractivity contribution in [3.8, 4) is 6.19 Å². The molecule has 0 aliphatic rings. The van der Waals surface area contributed by atoms with E-state index in [1.807, 2.05) is 18.2 Å². The van der Waals surface area contributed by atoms with Gasteiger partial charge < -0.3 is 4.74 Å². The summed E-state index contributed by atoms with van der Waals surface area (Å²) in [7, 11) is 0. The summed E-state index contributed by atoms with van der Waals surface area (Å²) in [4.78, 5) is 6.30. The number of nitriles is 1. The van der Waals surface area contributed by atoms with E-state index in [9.17, 15) is 0 Å². The van der Waals surface area contributed by atoms with Crippen LogP contribution in [0.2, 0.25) is 0 Å². The zero-order valence-corrected chi connectivity index (χ0v) is 9.32. The molecule has 0 amide bonds. The van der Waals surface area contributed by atoms with Crippen molar-refractivity contribution in [2.45, 2.75) is 13.0 Å². The van der Waals surface area contributed by atoms with Crippen LogP contribution in [0.3, 0.4) is 0 Å². The number of hydrogen-bond donors (Lipinski definition) is 0. The van der Waals surface area contributed by atoms with E-state index in [2.05, 4.69) is 15.0 Å². The molecule has 0 aliphatic carbocycles. The van der Waals surface area contributed by atoms with Crippen molar-refractivity contribution in [3.63, 3.8) is 0 Å². The van der Waals surface area contributed by atoms with Crippen LogP contribution in [0.5, 0.6) is 0 Å². The number of ether oxygens (including phenoxy) is 1. The van der Waals surface area contributed by atoms with Crippen LogP contribution in [0.4, 0.5) is 0 Å². The molecular weight excluding hydrogens is 218 g/mol. The van der Waals surface area contributed by atoms with Crippen molar-refractivity contribution in [2.24, 2.45) is 10.1 Å². The monoisotopic (exact) mass is 229 g/mol. The Balaban J connectivity index is 3.12. The van der Waals surface area contributed by atoms with E-state index in [0.29, 0.717) is 6.61 Å². The predicted molar refractivity (Wildman–Crippen MR) is 63.0 cm³/mol. The summed E-state index contributed by atoms with van der Waals surface area (Å²) in [6.07, 6.45) is 1.64. The van der Waals surface area contributed by atoms with E-state index in [1.165, 1.54) is 0 Å². The van der Waals surface area contributed by atoms with E-state index in [-0.39, 0.29) is 5.90 Å². The molecule has 0 bridgehead atoms. The van der Waals surface area contributed by atoms with Crippen LogP contribution in [0.15, 0.2) is 40.4 Å². The maximum atomic E-state index is 8.58. The molecule has 1 aromatic rings. The fourth-order valence-corrected chi connectivity index (χ4v) is 1.32. The maximum absolute atomic E-state index is 8.58. The Labute approximate surface area is 98.8 Å². The lowest BCUT2D eigenvalue weighted by Gasteiger charge is -2.13. The van der Waals surface area contributed by atoms with Crippen molar-refractivity contribution < 1.29 is 4.74 Å². The summed E-state index contributed by atoms with van der Waals surface area (Å²) in [6.45, 7) is 2.12. The average Bonchev–Trinajstić information content (AvgIpc) is 2.37. The predicted octanol–water partition coefficient (Wildman–Crippen LogP) is 2.95. The molecule has 0 N–H and O–H groups in total. The highest BCUT2D eigenvalue weighted by molar-refractivity contribution is 5.84. The van der Waals surface area contributed by atoms with Crippen LogP contribution in [-0.4, -0.2) is 12.5 Å². The second kappa shape index (κ2) is 6.88. The van der Waals surface area contributed by atoms with Gasteiger partial charge in [0.1, 0.15) is 6.04 Å². The molecule has 1 rings (SSSR count). The fourth-order valence-electron chi connectivity index (χ4n) is 1.32. The zero-order valence-electron chi connectivity index (χ0n) is 9.32. The van der Waals surface area contributed by atoms with Gasteiger partial charge in [0.25, 0.3) is 0 Å². The Kier molecular flexibility index (Phi) is 5.08. The third-order valence-corrected chi connectivity index (χ3v) is 1.97. The van der Waals surface area contributed by atoms with Gasteiger partial charge >= 0.3 is 0 Å². The molecular formula is C11H11N5O. The van der Waals surface area contributed by atoms with Crippen molar-refractivity contribution in [3.05, 3.63) is 46.3 Å². The van der Waals surface area contributed by atoms with Gasteiger partial charge in [0.2, 0.25) is 12.1 Å². The van der Waals surface area contributed by atoms with E-state index < -0.39 is 6.04 Å². The van der Waals surface area contributed by atoms with Gasteiger partial charge in [-0.25, -0.2) is 0 Å². The molecule has 0 radical (unpaired) electrons. The fraction of sp³-hybridized carbons (Fsp3) is 0.273. The summed E-state index contributed by atoms with van der Waals surface area (Å²) in [5.74, 6) is 0.110. The molecule has 0 spiro atoms. The summed E-state index contributed by atoms with van der Waals surface area (Å²) >= 11 is 0. The first-order valence-corrected chi connectivity index (χ1v) is 5.02. The lowest BCUT2D eigenvalue weighted by molar-refractivity contribution is 0.312. The van der Waals surface area contributed by atoms with Gasteiger partial charge in [-0.2, -0.15) is 5.26 Å². The van der Waals surface area contributed by atoms with Gasteiger partial charge in [-0.3, -0.25) is 0 Å². The number of rotatable bonds is 4. The molecule has 17 heavy (non-hydrogen) atoms. The second-order valence-electron chi connectivity index (χ2n) is 3.00. The molecule has 1 unspecified atom stereocenters.